The second kappa shape index (κ2) is 8.20. The number of amides is 1. The summed E-state index contributed by atoms with van der Waals surface area (Å²) in [5.41, 5.74) is 2.08. The number of hydrogen-bond donors (Lipinski definition) is 2. The lowest BCUT2D eigenvalue weighted by Gasteiger charge is -2.19. The van der Waals surface area contributed by atoms with Crippen LogP contribution < -0.4 is 15.0 Å². The van der Waals surface area contributed by atoms with E-state index in [1.807, 2.05) is 6.92 Å². The van der Waals surface area contributed by atoms with Gasteiger partial charge in [0.15, 0.2) is 5.75 Å². The fraction of sp³-hybridized carbons (Fsp3) is 0.333. The first-order valence-electron chi connectivity index (χ1n) is 9.68. The number of carbonyl (C=O) groups excluding carboxylic acids is 1. The van der Waals surface area contributed by atoms with Crippen molar-refractivity contribution in [3.63, 3.8) is 0 Å². The van der Waals surface area contributed by atoms with Crippen molar-refractivity contribution >= 4 is 34.4 Å². The molecule has 2 N–H and O–H groups in total. The van der Waals surface area contributed by atoms with Crippen LogP contribution in [0.1, 0.15) is 31.5 Å². The van der Waals surface area contributed by atoms with E-state index in [9.17, 15) is 4.79 Å². The third kappa shape index (κ3) is 3.89. The SMILES string of the molecule is C#Cc1cncc(Oc2nc(N3CC[C@H](NC(C)=O)C3)c3c(Cl)c(CC)[nH]c3n2)c1. The Morgan fingerprint density at radius 2 is 2.30 bits per heavy atom. The average Bonchev–Trinajstić information content (AvgIpc) is 3.31. The van der Waals surface area contributed by atoms with Gasteiger partial charge < -0.3 is 19.9 Å². The highest BCUT2D eigenvalue weighted by Gasteiger charge is 2.28. The summed E-state index contributed by atoms with van der Waals surface area (Å²) in [4.78, 5) is 30.0. The molecule has 1 aliphatic rings. The number of carbonyl (C=O) groups is 1. The van der Waals surface area contributed by atoms with Gasteiger partial charge in [0.2, 0.25) is 5.91 Å². The van der Waals surface area contributed by atoms with Gasteiger partial charge in [-0.2, -0.15) is 9.97 Å². The summed E-state index contributed by atoms with van der Waals surface area (Å²) in [5, 5.41) is 4.32. The number of rotatable bonds is 5. The highest BCUT2D eigenvalue weighted by Crippen LogP contribution is 2.36. The molecule has 1 amide bonds. The number of nitrogens with zero attached hydrogens (tertiary/aromatic N) is 4. The molecule has 1 atom stereocenters. The number of terminal acetylenes is 1. The van der Waals surface area contributed by atoms with E-state index in [-0.39, 0.29) is 18.0 Å². The fourth-order valence-electron chi connectivity index (χ4n) is 3.61. The first-order valence-corrected chi connectivity index (χ1v) is 10.1. The molecule has 30 heavy (non-hydrogen) atoms. The zero-order valence-corrected chi connectivity index (χ0v) is 17.5. The Hall–Kier alpha value is -3.31. The van der Waals surface area contributed by atoms with Crippen molar-refractivity contribution in [1.29, 1.82) is 0 Å². The van der Waals surface area contributed by atoms with Crippen LogP contribution in [0.25, 0.3) is 11.0 Å². The van der Waals surface area contributed by atoms with Crippen LogP contribution >= 0.6 is 11.6 Å². The normalized spacial score (nSPS) is 15.9. The third-order valence-electron chi connectivity index (χ3n) is 4.96. The number of hydrogen-bond acceptors (Lipinski definition) is 6. The van der Waals surface area contributed by atoms with Crippen LogP contribution in [0.3, 0.4) is 0 Å². The maximum absolute atomic E-state index is 11.4. The minimum absolute atomic E-state index is 0.0486. The van der Waals surface area contributed by atoms with E-state index in [2.05, 4.69) is 36.1 Å². The van der Waals surface area contributed by atoms with Crippen molar-refractivity contribution in [2.45, 2.75) is 32.7 Å². The van der Waals surface area contributed by atoms with E-state index in [4.69, 9.17) is 22.8 Å². The summed E-state index contributed by atoms with van der Waals surface area (Å²) in [7, 11) is 0. The van der Waals surface area contributed by atoms with Crippen LogP contribution in [0.15, 0.2) is 18.5 Å². The molecule has 0 aliphatic carbocycles. The minimum atomic E-state index is -0.0486. The van der Waals surface area contributed by atoms with Gasteiger partial charge in [-0.05, 0) is 18.9 Å². The zero-order valence-electron chi connectivity index (χ0n) is 16.7. The number of aryl methyl sites for hydroxylation is 1. The Bertz CT molecular complexity index is 1150. The molecule has 1 saturated heterocycles. The van der Waals surface area contributed by atoms with Crippen LogP contribution in [-0.2, 0) is 11.2 Å². The second-order valence-corrected chi connectivity index (χ2v) is 7.49. The molecule has 3 aromatic rings. The van der Waals surface area contributed by atoms with Crippen molar-refractivity contribution in [3.8, 4) is 24.1 Å². The predicted molar refractivity (Wildman–Crippen MR) is 115 cm³/mol. The van der Waals surface area contributed by atoms with Crippen molar-refractivity contribution < 1.29 is 9.53 Å². The third-order valence-corrected chi connectivity index (χ3v) is 5.38. The number of anilines is 1. The lowest BCUT2D eigenvalue weighted by Crippen LogP contribution is -2.35. The van der Waals surface area contributed by atoms with Gasteiger partial charge in [-0.15, -0.1) is 6.42 Å². The Morgan fingerprint density at radius 1 is 1.47 bits per heavy atom. The summed E-state index contributed by atoms with van der Waals surface area (Å²) in [6.07, 6.45) is 10.1. The number of nitrogens with one attached hydrogen (secondary N) is 2. The zero-order chi connectivity index (χ0) is 21.3. The Kier molecular flexibility index (Phi) is 5.46. The molecule has 1 fully saturated rings. The molecule has 0 spiro atoms. The molecule has 0 aromatic carbocycles. The second-order valence-electron chi connectivity index (χ2n) is 7.11. The van der Waals surface area contributed by atoms with E-state index in [0.717, 1.165) is 30.5 Å². The summed E-state index contributed by atoms with van der Waals surface area (Å²) >= 11 is 6.63. The molecule has 9 heteroatoms. The molecule has 4 heterocycles. The molecule has 8 nitrogen and oxygen atoms in total. The number of pyridine rings is 1. The van der Waals surface area contributed by atoms with Gasteiger partial charge in [0, 0.05) is 43.5 Å². The van der Waals surface area contributed by atoms with E-state index in [1.54, 1.807) is 18.5 Å². The van der Waals surface area contributed by atoms with Gasteiger partial charge in [-0.25, -0.2) is 0 Å². The largest absolute Gasteiger partial charge is 0.422 e. The first-order chi connectivity index (χ1) is 14.5. The summed E-state index contributed by atoms with van der Waals surface area (Å²) < 4.78 is 5.86. The van der Waals surface area contributed by atoms with Gasteiger partial charge in [0.25, 0.3) is 0 Å². The summed E-state index contributed by atoms with van der Waals surface area (Å²) in [5.74, 6) is 3.60. The van der Waals surface area contributed by atoms with Gasteiger partial charge >= 0.3 is 6.01 Å². The molecule has 1 aliphatic heterocycles. The van der Waals surface area contributed by atoms with E-state index in [0.29, 0.717) is 34.3 Å². The monoisotopic (exact) mass is 424 g/mol. The maximum Gasteiger partial charge on any atom is 0.326 e. The number of halogens is 1. The highest BCUT2D eigenvalue weighted by atomic mass is 35.5. The van der Waals surface area contributed by atoms with Gasteiger partial charge in [0.1, 0.15) is 11.5 Å². The van der Waals surface area contributed by atoms with Crippen LogP contribution in [0, 0.1) is 12.3 Å². The predicted octanol–water partition coefficient (Wildman–Crippen LogP) is 3.06. The van der Waals surface area contributed by atoms with Gasteiger partial charge in [-0.1, -0.05) is 24.4 Å². The van der Waals surface area contributed by atoms with Crippen molar-refractivity contribution in [3.05, 3.63) is 34.7 Å². The lowest BCUT2D eigenvalue weighted by atomic mass is 10.2. The van der Waals surface area contributed by atoms with E-state index in [1.165, 1.54) is 6.92 Å². The van der Waals surface area contributed by atoms with Crippen LogP contribution in [0.2, 0.25) is 5.02 Å². The maximum atomic E-state index is 11.4. The smallest absolute Gasteiger partial charge is 0.326 e. The first kappa shape index (κ1) is 20.0. The molecule has 0 unspecified atom stereocenters. The topological polar surface area (TPSA) is 96.0 Å². The summed E-state index contributed by atoms with van der Waals surface area (Å²) in [6, 6.07) is 1.91. The molecule has 0 saturated carbocycles. The quantitative estimate of drug-likeness (QED) is 0.611. The molecular weight excluding hydrogens is 404 g/mol. The number of aromatic amines is 1. The number of H-pyrrole nitrogens is 1. The Labute approximate surface area is 179 Å². The number of ether oxygens (including phenoxy) is 1. The lowest BCUT2D eigenvalue weighted by molar-refractivity contribution is -0.119. The number of fused-ring (bicyclic) bond motifs is 1. The molecule has 0 radical (unpaired) electrons. The van der Waals surface area contributed by atoms with Crippen LogP contribution in [0.5, 0.6) is 11.8 Å². The van der Waals surface area contributed by atoms with E-state index < -0.39 is 0 Å². The fourth-order valence-corrected chi connectivity index (χ4v) is 3.96. The standard InChI is InChI=1S/C21H21ClN6O2/c1-4-13-8-15(10-23-9-13)30-21-26-19-17(18(22)16(5-2)25-19)20(27-21)28-7-6-14(11-28)24-12(3)29/h1,8-10,14H,5-7,11H2,2-3H3,(H,24,29)(H,25,26,27)/t14-/m0/s1. The number of aromatic nitrogens is 4. The van der Waals surface area contributed by atoms with Crippen molar-refractivity contribution in [2.24, 2.45) is 0 Å². The minimum Gasteiger partial charge on any atom is -0.422 e. The molecule has 154 valence electrons. The summed E-state index contributed by atoms with van der Waals surface area (Å²) in [6.45, 7) is 4.89. The Balaban J connectivity index is 1.74. The van der Waals surface area contributed by atoms with Gasteiger partial charge in [0.05, 0.1) is 16.6 Å². The average molecular weight is 425 g/mol. The van der Waals surface area contributed by atoms with Crippen LogP contribution in [0.4, 0.5) is 5.82 Å². The van der Waals surface area contributed by atoms with Crippen molar-refractivity contribution in [1.82, 2.24) is 25.3 Å². The van der Waals surface area contributed by atoms with Gasteiger partial charge in [-0.3, -0.25) is 9.78 Å². The van der Waals surface area contributed by atoms with E-state index >= 15 is 0 Å². The Morgan fingerprint density at radius 3 is 3.03 bits per heavy atom. The molecule has 3 aromatic heterocycles. The highest BCUT2D eigenvalue weighted by molar-refractivity contribution is 6.37. The molecule has 0 bridgehead atoms. The molecular formula is C21H21ClN6O2. The van der Waals surface area contributed by atoms with Crippen molar-refractivity contribution in [2.75, 3.05) is 18.0 Å². The molecule has 4 rings (SSSR count). The van der Waals surface area contributed by atoms with Crippen LogP contribution in [-0.4, -0.2) is 45.0 Å².